The molecule has 2 aromatic rings. The van der Waals surface area contributed by atoms with Crippen molar-refractivity contribution in [2.75, 3.05) is 13.2 Å². The second kappa shape index (κ2) is 5.23. The first-order chi connectivity index (χ1) is 11.1. The van der Waals surface area contributed by atoms with Gasteiger partial charge >= 0.3 is 0 Å². The van der Waals surface area contributed by atoms with Crippen molar-refractivity contribution >= 4 is 12.2 Å². The number of nitrogens with one attached hydrogen (secondary N) is 1. The molecular weight excluding hydrogens is 312 g/mol. The summed E-state index contributed by atoms with van der Waals surface area (Å²) in [5.41, 5.74) is 1.65. The van der Waals surface area contributed by atoms with Crippen LogP contribution >= 0.6 is 12.2 Å². The van der Waals surface area contributed by atoms with Gasteiger partial charge in [0.1, 0.15) is 5.75 Å². The molecule has 2 aliphatic heterocycles. The molecule has 0 fully saturated rings. The van der Waals surface area contributed by atoms with Gasteiger partial charge in [-0.25, -0.2) is 0 Å². The van der Waals surface area contributed by atoms with E-state index in [0.717, 1.165) is 11.3 Å². The number of aromatic amines is 1. The first-order valence-electron chi connectivity index (χ1n) is 7.81. The highest BCUT2D eigenvalue weighted by atomic mass is 32.1. The number of rotatable bonds is 1. The zero-order valence-corrected chi connectivity index (χ0v) is 13.9. The van der Waals surface area contributed by atoms with Crippen molar-refractivity contribution in [1.29, 1.82) is 0 Å². The van der Waals surface area contributed by atoms with Gasteiger partial charge in [-0.1, -0.05) is 18.2 Å². The minimum absolute atomic E-state index is 0.00740. The molecule has 0 spiro atoms. The summed E-state index contributed by atoms with van der Waals surface area (Å²) in [5.74, 6) is 1.47. The highest BCUT2D eigenvalue weighted by Gasteiger charge is 2.40. The fourth-order valence-corrected chi connectivity index (χ4v) is 3.93. The van der Waals surface area contributed by atoms with Crippen LogP contribution < -0.4 is 15.0 Å². The maximum atomic E-state index is 13.1. The van der Waals surface area contributed by atoms with Gasteiger partial charge in [-0.05, 0) is 32.1 Å². The van der Waals surface area contributed by atoms with Crippen molar-refractivity contribution in [3.8, 4) is 11.6 Å². The van der Waals surface area contributed by atoms with Gasteiger partial charge in [0.05, 0.1) is 18.8 Å². The molecule has 0 bridgehead atoms. The Morgan fingerprint density at radius 3 is 2.78 bits per heavy atom. The van der Waals surface area contributed by atoms with Crippen LogP contribution in [0.5, 0.6) is 11.6 Å². The largest absolute Gasteiger partial charge is 0.493 e. The Balaban J connectivity index is 2.00. The lowest BCUT2D eigenvalue weighted by molar-refractivity contribution is 0.120. The lowest BCUT2D eigenvalue weighted by Crippen LogP contribution is -2.40. The molecule has 1 aromatic heterocycles. The SMILES string of the molecule is CC(C)n1c(=S)[nH]c2c(c1=O)[C@@H]1c3ccccc3OC[C@@H]1CO2. The minimum atomic E-state index is -0.0647. The molecule has 5 nitrogen and oxygen atoms in total. The molecule has 0 amide bonds. The summed E-state index contributed by atoms with van der Waals surface area (Å²) in [6.45, 7) is 4.98. The Labute approximate surface area is 138 Å². The summed E-state index contributed by atoms with van der Waals surface area (Å²) in [6, 6.07) is 7.90. The summed E-state index contributed by atoms with van der Waals surface area (Å²) >= 11 is 5.33. The second-order valence-corrected chi connectivity index (χ2v) is 6.73. The zero-order chi connectivity index (χ0) is 16.1. The molecule has 0 aliphatic carbocycles. The Morgan fingerprint density at radius 2 is 2.00 bits per heavy atom. The third kappa shape index (κ3) is 2.12. The van der Waals surface area contributed by atoms with E-state index in [1.807, 2.05) is 38.1 Å². The van der Waals surface area contributed by atoms with Gasteiger partial charge in [-0.2, -0.15) is 0 Å². The minimum Gasteiger partial charge on any atom is -0.493 e. The summed E-state index contributed by atoms with van der Waals surface area (Å²) < 4.78 is 13.6. The van der Waals surface area contributed by atoms with Crippen molar-refractivity contribution in [3.05, 3.63) is 50.5 Å². The van der Waals surface area contributed by atoms with Crippen LogP contribution in [0.4, 0.5) is 0 Å². The van der Waals surface area contributed by atoms with Crippen LogP contribution in [0.25, 0.3) is 0 Å². The van der Waals surface area contributed by atoms with Crippen molar-refractivity contribution in [3.63, 3.8) is 0 Å². The average Bonchev–Trinajstić information content (AvgIpc) is 2.53. The van der Waals surface area contributed by atoms with E-state index in [2.05, 4.69) is 4.98 Å². The maximum absolute atomic E-state index is 13.1. The van der Waals surface area contributed by atoms with Crippen molar-refractivity contribution in [2.24, 2.45) is 5.92 Å². The Kier molecular flexibility index (Phi) is 3.30. The van der Waals surface area contributed by atoms with Crippen LogP contribution in [0.3, 0.4) is 0 Å². The number of nitrogens with zero attached hydrogens (tertiary/aromatic N) is 1. The van der Waals surface area contributed by atoms with Gasteiger partial charge in [-0.15, -0.1) is 0 Å². The third-order valence-electron chi connectivity index (χ3n) is 4.58. The predicted molar refractivity (Wildman–Crippen MR) is 89.0 cm³/mol. The standard InChI is InChI=1S/C17H18N2O3S/c1-9(2)19-16(20)14-13-10(8-22-15(14)18-17(19)23)7-21-12-6-4-3-5-11(12)13/h3-6,9-10,13H,7-8H2,1-2H3,(H,18,23)/t10-,13+/m1/s1. The molecule has 3 heterocycles. The van der Waals surface area contributed by atoms with Gasteiger partial charge in [-0.3, -0.25) is 9.36 Å². The normalized spacial score (nSPS) is 21.7. The van der Waals surface area contributed by atoms with E-state index in [0.29, 0.717) is 29.4 Å². The topological polar surface area (TPSA) is 56.2 Å². The Bertz CT molecular complexity index is 884. The first kappa shape index (κ1) is 14.5. The van der Waals surface area contributed by atoms with Crippen LogP contribution in [-0.2, 0) is 0 Å². The molecule has 0 saturated carbocycles. The fraction of sp³-hybridized carbons (Fsp3) is 0.412. The summed E-state index contributed by atoms with van der Waals surface area (Å²) in [4.78, 5) is 16.2. The molecule has 0 radical (unpaired) electrons. The Morgan fingerprint density at radius 1 is 1.26 bits per heavy atom. The van der Waals surface area contributed by atoms with E-state index >= 15 is 0 Å². The number of fused-ring (bicyclic) bond motifs is 5. The van der Waals surface area contributed by atoms with Crippen LogP contribution in [0, 0.1) is 10.7 Å². The molecule has 1 aromatic carbocycles. The van der Waals surface area contributed by atoms with Crippen LogP contribution in [-0.4, -0.2) is 22.8 Å². The molecular formula is C17H18N2O3S. The predicted octanol–water partition coefficient (Wildman–Crippen LogP) is 3.02. The lowest BCUT2D eigenvalue weighted by atomic mass is 9.79. The molecule has 1 N–H and O–H groups in total. The quantitative estimate of drug-likeness (QED) is 0.817. The van der Waals surface area contributed by atoms with E-state index in [1.165, 1.54) is 0 Å². The van der Waals surface area contributed by atoms with Gasteiger partial charge in [0, 0.05) is 23.4 Å². The molecule has 2 atom stereocenters. The van der Waals surface area contributed by atoms with E-state index in [9.17, 15) is 4.79 Å². The van der Waals surface area contributed by atoms with Crippen LogP contribution in [0.15, 0.2) is 29.1 Å². The second-order valence-electron chi connectivity index (χ2n) is 6.34. The number of hydrogen-bond acceptors (Lipinski definition) is 4. The van der Waals surface area contributed by atoms with Gasteiger partial charge in [0.25, 0.3) is 5.56 Å². The first-order valence-corrected chi connectivity index (χ1v) is 8.22. The molecule has 23 heavy (non-hydrogen) atoms. The molecule has 4 rings (SSSR count). The lowest BCUT2D eigenvalue weighted by Gasteiger charge is -2.37. The highest BCUT2D eigenvalue weighted by Crippen LogP contribution is 2.45. The molecule has 0 saturated heterocycles. The number of aromatic nitrogens is 2. The smallest absolute Gasteiger partial charge is 0.262 e. The molecule has 120 valence electrons. The molecule has 2 aliphatic rings. The maximum Gasteiger partial charge on any atom is 0.262 e. The van der Waals surface area contributed by atoms with E-state index < -0.39 is 0 Å². The summed E-state index contributed by atoms with van der Waals surface area (Å²) in [7, 11) is 0. The zero-order valence-electron chi connectivity index (χ0n) is 13.0. The molecule has 0 unspecified atom stereocenters. The number of benzene rings is 1. The number of ether oxygens (including phenoxy) is 2. The van der Waals surface area contributed by atoms with E-state index in [1.54, 1.807) is 4.57 Å². The third-order valence-corrected chi connectivity index (χ3v) is 4.88. The number of H-pyrrole nitrogens is 1. The highest BCUT2D eigenvalue weighted by molar-refractivity contribution is 7.71. The van der Waals surface area contributed by atoms with E-state index in [4.69, 9.17) is 21.7 Å². The van der Waals surface area contributed by atoms with Crippen LogP contribution in [0.1, 0.15) is 36.9 Å². The van der Waals surface area contributed by atoms with Crippen molar-refractivity contribution in [1.82, 2.24) is 9.55 Å². The van der Waals surface area contributed by atoms with Gasteiger partial charge in [0.2, 0.25) is 5.88 Å². The van der Waals surface area contributed by atoms with Crippen molar-refractivity contribution in [2.45, 2.75) is 25.8 Å². The van der Waals surface area contributed by atoms with Crippen LogP contribution in [0.2, 0.25) is 0 Å². The molecule has 6 heteroatoms. The van der Waals surface area contributed by atoms with Crippen molar-refractivity contribution < 1.29 is 9.47 Å². The monoisotopic (exact) mass is 330 g/mol. The van der Waals surface area contributed by atoms with Gasteiger partial charge < -0.3 is 14.5 Å². The Hall–Kier alpha value is -2.08. The summed E-state index contributed by atoms with van der Waals surface area (Å²) in [5, 5.41) is 0. The average molecular weight is 330 g/mol. The summed E-state index contributed by atoms with van der Waals surface area (Å²) in [6.07, 6.45) is 0. The number of hydrogen-bond donors (Lipinski definition) is 1. The van der Waals surface area contributed by atoms with E-state index in [-0.39, 0.29) is 23.4 Å². The fourth-order valence-electron chi connectivity index (χ4n) is 3.54. The van der Waals surface area contributed by atoms with Gasteiger partial charge in [0.15, 0.2) is 4.77 Å². The number of para-hydroxylation sites is 1.